The fourth-order valence-corrected chi connectivity index (χ4v) is 3.51. The summed E-state index contributed by atoms with van der Waals surface area (Å²) in [5, 5.41) is 14.1. The Kier molecular flexibility index (Phi) is 4.15. The van der Waals surface area contributed by atoms with Crippen molar-refractivity contribution in [1.82, 2.24) is 14.9 Å². The first-order valence-electron chi connectivity index (χ1n) is 7.74. The molecule has 0 atom stereocenters. The number of rotatable bonds is 4. The van der Waals surface area contributed by atoms with Crippen LogP contribution in [0.3, 0.4) is 0 Å². The number of ether oxygens (including phenoxy) is 2. The number of para-hydroxylation sites is 1. The summed E-state index contributed by atoms with van der Waals surface area (Å²) < 4.78 is 12.6. The molecule has 0 amide bonds. The average molecular weight is 352 g/mol. The SMILES string of the molecule is COc1cccc(-c2nnc3n2N=C(c2ccccc2OC)CS3)c1. The van der Waals surface area contributed by atoms with Gasteiger partial charge in [-0.3, -0.25) is 0 Å². The average Bonchev–Trinajstić information content (AvgIpc) is 3.11. The van der Waals surface area contributed by atoms with E-state index in [-0.39, 0.29) is 0 Å². The highest BCUT2D eigenvalue weighted by molar-refractivity contribution is 7.99. The van der Waals surface area contributed by atoms with Gasteiger partial charge in [0.05, 0.1) is 19.9 Å². The highest BCUT2D eigenvalue weighted by Crippen LogP contribution is 2.31. The van der Waals surface area contributed by atoms with Gasteiger partial charge in [-0.1, -0.05) is 36.0 Å². The lowest BCUT2D eigenvalue weighted by Gasteiger charge is -2.16. The largest absolute Gasteiger partial charge is 0.497 e. The number of methoxy groups -OCH3 is 2. The molecule has 0 saturated carbocycles. The van der Waals surface area contributed by atoms with Crippen molar-refractivity contribution in [2.24, 2.45) is 5.10 Å². The number of hydrogen-bond acceptors (Lipinski definition) is 6. The third-order valence-corrected chi connectivity index (χ3v) is 4.85. The maximum Gasteiger partial charge on any atom is 0.212 e. The second-order valence-electron chi connectivity index (χ2n) is 5.39. The topological polar surface area (TPSA) is 61.5 Å². The third-order valence-electron chi connectivity index (χ3n) is 3.92. The van der Waals surface area contributed by atoms with Gasteiger partial charge >= 0.3 is 0 Å². The molecule has 0 saturated heterocycles. The summed E-state index contributed by atoms with van der Waals surface area (Å²) in [6.45, 7) is 0. The first-order chi connectivity index (χ1) is 12.3. The number of hydrogen-bond donors (Lipinski definition) is 0. The highest BCUT2D eigenvalue weighted by atomic mass is 32.2. The van der Waals surface area contributed by atoms with Crippen LogP contribution in [0.15, 0.2) is 58.8 Å². The Hall–Kier alpha value is -2.80. The van der Waals surface area contributed by atoms with Crippen molar-refractivity contribution in [1.29, 1.82) is 0 Å². The first kappa shape index (κ1) is 15.7. The Labute approximate surface area is 149 Å². The Balaban J connectivity index is 1.80. The van der Waals surface area contributed by atoms with Crippen LogP contribution in [0.5, 0.6) is 11.5 Å². The molecule has 2 heterocycles. The van der Waals surface area contributed by atoms with Crippen molar-refractivity contribution in [2.45, 2.75) is 5.16 Å². The van der Waals surface area contributed by atoms with Crippen LogP contribution in [0.2, 0.25) is 0 Å². The number of fused-ring (bicyclic) bond motifs is 1. The summed E-state index contributed by atoms with van der Waals surface area (Å²) >= 11 is 1.61. The smallest absolute Gasteiger partial charge is 0.212 e. The minimum Gasteiger partial charge on any atom is -0.497 e. The Morgan fingerprint density at radius 2 is 1.88 bits per heavy atom. The van der Waals surface area contributed by atoms with Crippen molar-refractivity contribution in [3.63, 3.8) is 0 Å². The van der Waals surface area contributed by atoms with Crippen LogP contribution in [0.25, 0.3) is 11.4 Å². The van der Waals surface area contributed by atoms with Crippen LogP contribution in [0.1, 0.15) is 5.56 Å². The third kappa shape index (κ3) is 2.87. The molecule has 4 rings (SSSR count). The summed E-state index contributed by atoms with van der Waals surface area (Å²) in [5.41, 5.74) is 2.82. The molecule has 25 heavy (non-hydrogen) atoms. The minimum absolute atomic E-state index is 0.688. The molecule has 0 unspecified atom stereocenters. The van der Waals surface area contributed by atoms with Gasteiger partial charge in [0.15, 0.2) is 5.82 Å². The maximum absolute atomic E-state index is 5.47. The second kappa shape index (κ2) is 6.60. The highest BCUT2D eigenvalue weighted by Gasteiger charge is 2.22. The molecule has 0 fully saturated rings. The van der Waals surface area contributed by atoms with E-state index in [4.69, 9.17) is 14.6 Å². The molecule has 126 valence electrons. The monoisotopic (exact) mass is 352 g/mol. The van der Waals surface area contributed by atoms with Crippen molar-refractivity contribution in [2.75, 3.05) is 20.0 Å². The molecule has 1 aliphatic heterocycles. The second-order valence-corrected chi connectivity index (χ2v) is 6.33. The zero-order valence-corrected chi connectivity index (χ0v) is 14.7. The lowest BCUT2D eigenvalue weighted by Crippen LogP contribution is -2.14. The van der Waals surface area contributed by atoms with Crippen LogP contribution in [0.4, 0.5) is 0 Å². The van der Waals surface area contributed by atoms with Gasteiger partial charge in [0.25, 0.3) is 0 Å². The van der Waals surface area contributed by atoms with Gasteiger partial charge in [-0.25, -0.2) is 0 Å². The molecule has 0 spiro atoms. The predicted octanol–water partition coefficient (Wildman–Crippen LogP) is 3.32. The van der Waals surface area contributed by atoms with Gasteiger partial charge in [-0.2, -0.15) is 9.78 Å². The van der Waals surface area contributed by atoms with Gasteiger partial charge in [0.1, 0.15) is 11.5 Å². The normalized spacial score (nSPS) is 13.1. The Morgan fingerprint density at radius 3 is 2.72 bits per heavy atom. The molecule has 7 heteroatoms. The van der Waals surface area contributed by atoms with Crippen molar-refractivity contribution in [3.05, 3.63) is 54.1 Å². The van der Waals surface area contributed by atoms with Gasteiger partial charge in [-0.15, -0.1) is 10.2 Å². The van der Waals surface area contributed by atoms with Crippen molar-refractivity contribution < 1.29 is 9.47 Å². The number of benzene rings is 2. The van der Waals surface area contributed by atoms with E-state index in [1.54, 1.807) is 30.7 Å². The number of nitrogens with zero attached hydrogens (tertiary/aromatic N) is 4. The predicted molar refractivity (Wildman–Crippen MR) is 97.7 cm³/mol. The van der Waals surface area contributed by atoms with E-state index in [1.165, 1.54) is 0 Å². The summed E-state index contributed by atoms with van der Waals surface area (Å²) in [6.07, 6.45) is 0. The summed E-state index contributed by atoms with van der Waals surface area (Å²) in [4.78, 5) is 0. The van der Waals surface area contributed by atoms with Crippen LogP contribution in [-0.2, 0) is 0 Å². The van der Waals surface area contributed by atoms with E-state index in [2.05, 4.69) is 10.2 Å². The first-order valence-corrected chi connectivity index (χ1v) is 8.72. The minimum atomic E-state index is 0.688. The van der Waals surface area contributed by atoms with E-state index in [0.717, 1.165) is 39.2 Å². The van der Waals surface area contributed by atoms with E-state index in [9.17, 15) is 0 Å². The molecule has 1 aromatic heterocycles. The lowest BCUT2D eigenvalue weighted by molar-refractivity contribution is 0.414. The van der Waals surface area contributed by atoms with Crippen LogP contribution in [-0.4, -0.2) is 40.6 Å². The van der Waals surface area contributed by atoms with Crippen molar-refractivity contribution >= 4 is 17.5 Å². The fraction of sp³-hybridized carbons (Fsp3) is 0.167. The number of aromatic nitrogens is 3. The molecule has 1 aliphatic rings. The lowest BCUT2D eigenvalue weighted by atomic mass is 10.1. The zero-order valence-electron chi connectivity index (χ0n) is 13.8. The fourth-order valence-electron chi connectivity index (χ4n) is 2.68. The molecular formula is C18H16N4O2S. The van der Waals surface area contributed by atoms with Gasteiger partial charge in [0.2, 0.25) is 5.16 Å². The molecule has 2 aromatic carbocycles. The standard InChI is InChI=1S/C18H16N4O2S/c1-23-13-7-5-6-12(10-13)17-19-20-18-22(17)21-15(11-25-18)14-8-3-4-9-16(14)24-2/h3-10H,11H2,1-2H3. The molecule has 0 bridgehead atoms. The van der Waals surface area contributed by atoms with Crippen LogP contribution < -0.4 is 9.47 Å². The van der Waals surface area contributed by atoms with Gasteiger partial charge < -0.3 is 9.47 Å². The van der Waals surface area contributed by atoms with Gasteiger partial charge in [-0.05, 0) is 24.3 Å². The van der Waals surface area contributed by atoms with E-state index in [1.807, 2.05) is 48.5 Å². The molecule has 0 N–H and O–H groups in total. The molecular weight excluding hydrogens is 336 g/mol. The quantitative estimate of drug-likeness (QED) is 0.721. The zero-order chi connectivity index (χ0) is 17.2. The van der Waals surface area contributed by atoms with Crippen LogP contribution in [0, 0.1) is 0 Å². The van der Waals surface area contributed by atoms with Gasteiger partial charge in [0, 0.05) is 16.9 Å². The van der Waals surface area contributed by atoms with Crippen LogP contribution >= 0.6 is 11.8 Å². The molecule has 0 radical (unpaired) electrons. The summed E-state index contributed by atoms with van der Waals surface area (Å²) in [7, 11) is 3.31. The molecule has 0 aliphatic carbocycles. The maximum atomic E-state index is 5.47. The van der Waals surface area contributed by atoms with E-state index < -0.39 is 0 Å². The number of thioether (sulfide) groups is 1. The Morgan fingerprint density at radius 1 is 1.00 bits per heavy atom. The van der Waals surface area contributed by atoms with E-state index in [0.29, 0.717) is 5.82 Å². The Bertz CT molecular complexity index is 952. The molecule has 6 nitrogen and oxygen atoms in total. The summed E-state index contributed by atoms with van der Waals surface area (Å²) in [5.74, 6) is 2.98. The summed E-state index contributed by atoms with van der Waals surface area (Å²) in [6, 6.07) is 15.6. The van der Waals surface area contributed by atoms with E-state index >= 15 is 0 Å². The van der Waals surface area contributed by atoms with Crippen molar-refractivity contribution in [3.8, 4) is 22.9 Å². The molecule has 3 aromatic rings.